The second-order valence-electron chi connectivity index (χ2n) is 7.06. The molecule has 3 aromatic rings. The molecule has 1 amide bonds. The Hall–Kier alpha value is -3.65. The average Bonchev–Trinajstić information content (AvgIpc) is 3.30. The number of aliphatic hydroxyl groups is 1. The number of halogens is 3. The van der Waals surface area contributed by atoms with Crippen LogP contribution in [0, 0.1) is 18.6 Å². The normalized spacial score (nSPS) is 17.8. The molecule has 164 valence electrons. The number of carbonyl (C=O) groups is 2. The number of aliphatic hydroxyl groups excluding tert-OH is 1. The Balaban J connectivity index is 2.01. The van der Waals surface area contributed by atoms with Crippen molar-refractivity contribution in [2.75, 3.05) is 12.0 Å². The smallest absolute Gasteiger partial charge is 0.300 e. The highest BCUT2D eigenvalue weighted by Gasteiger charge is 2.49. The number of hydrogen-bond donors (Lipinski definition) is 1. The summed E-state index contributed by atoms with van der Waals surface area (Å²) in [6.45, 7) is 1.64. The summed E-state index contributed by atoms with van der Waals surface area (Å²) in [6.07, 6.45) is 0. The molecular weight excluding hydrogens is 444 g/mol. The van der Waals surface area contributed by atoms with Gasteiger partial charge in [0.25, 0.3) is 11.7 Å². The van der Waals surface area contributed by atoms with Crippen LogP contribution in [0.4, 0.5) is 14.5 Å². The van der Waals surface area contributed by atoms with Gasteiger partial charge in [-0.05, 0) is 49.4 Å². The molecule has 0 aliphatic carbocycles. The van der Waals surface area contributed by atoms with Crippen molar-refractivity contribution in [1.29, 1.82) is 0 Å². The highest BCUT2D eigenvalue weighted by molar-refractivity contribution is 6.51. The Labute approximate surface area is 186 Å². The van der Waals surface area contributed by atoms with Gasteiger partial charge in [-0.3, -0.25) is 14.5 Å². The minimum atomic E-state index is -1.36. The summed E-state index contributed by atoms with van der Waals surface area (Å²) in [6, 6.07) is 8.59. The molecule has 1 atom stereocenters. The summed E-state index contributed by atoms with van der Waals surface area (Å²) in [5, 5.41) is 11.3. The number of furan rings is 1. The summed E-state index contributed by atoms with van der Waals surface area (Å²) in [7, 11) is 1.36. The predicted molar refractivity (Wildman–Crippen MR) is 113 cm³/mol. The van der Waals surface area contributed by atoms with Crippen LogP contribution in [0.1, 0.15) is 23.1 Å². The van der Waals surface area contributed by atoms with Crippen LogP contribution in [0.3, 0.4) is 0 Å². The van der Waals surface area contributed by atoms with Crippen molar-refractivity contribution in [3.63, 3.8) is 0 Å². The topological polar surface area (TPSA) is 80.0 Å². The van der Waals surface area contributed by atoms with Crippen molar-refractivity contribution < 1.29 is 32.6 Å². The molecule has 1 aliphatic rings. The van der Waals surface area contributed by atoms with Gasteiger partial charge in [0, 0.05) is 11.1 Å². The van der Waals surface area contributed by atoms with E-state index in [0.717, 1.165) is 23.1 Å². The third-order valence-corrected chi connectivity index (χ3v) is 5.29. The van der Waals surface area contributed by atoms with E-state index in [4.69, 9.17) is 20.8 Å². The van der Waals surface area contributed by atoms with E-state index in [1.807, 2.05) is 0 Å². The summed E-state index contributed by atoms with van der Waals surface area (Å²) >= 11 is 6.05. The van der Waals surface area contributed by atoms with Crippen LogP contribution in [0.5, 0.6) is 5.75 Å². The lowest BCUT2D eigenvalue weighted by molar-refractivity contribution is -0.132. The van der Waals surface area contributed by atoms with E-state index < -0.39 is 40.8 Å². The van der Waals surface area contributed by atoms with Crippen molar-refractivity contribution >= 4 is 34.7 Å². The largest absolute Gasteiger partial charge is 0.507 e. The van der Waals surface area contributed by atoms with Crippen molar-refractivity contribution in [2.24, 2.45) is 0 Å². The molecule has 0 saturated carbocycles. The lowest BCUT2D eigenvalue weighted by Gasteiger charge is -2.24. The lowest BCUT2D eigenvalue weighted by Crippen LogP contribution is -2.30. The van der Waals surface area contributed by atoms with Crippen LogP contribution >= 0.6 is 11.6 Å². The van der Waals surface area contributed by atoms with E-state index in [1.54, 1.807) is 13.0 Å². The van der Waals surface area contributed by atoms with Gasteiger partial charge in [0.1, 0.15) is 40.7 Å². The molecule has 0 bridgehead atoms. The number of anilines is 1. The number of ketones is 1. The van der Waals surface area contributed by atoms with Gasteiger partial charge in [-0.15, -0.1) is 0 Å². The minimum Gasteiger partial charge on any atom is -0.507 e. The Kier molecular flexibility index (Phi) is 5.48. The fourth-order valence-electron chi connectivity index (χ4n) is 3.63. The molecule has 2 aromatic carbocycles. The quantitative estimate of drug-likeness (QED) is 0.331. The zero-order chi connectivity index (χ0) is 23.2. The first-order chi connectivity index (χ1) is 15.2. The average molecular weight is 460 g/mol. The Morgan fingerprint density at radius 3 is 2.53 bits per heavy atom. The Morgan fingerprint density at radius 2 is 1.88 bits per heavy atom. The molecule has 1 unspecified atom stereocenters. The van der Waals surface area contributed by atoms with Gasteiger partial charge in [-0.25, -0.2) is 8.78 Å². The molecule has 2 heterocycles. The molecule has 1 aromatic heterocycles. The Bertz CT molecular complexity index is 1280. The monoisotopic (exact) mass is 459 g/mol. The van der Waals surface area contributed by atoms with Gasteiger partial charge in [0.2, 0.25) is 0 Å². The molecule has 1 N–H and O–H groups in total. The third kappa shape index (κ3) is 3.52. The van der Waals surface area contributed by atoms with E-state index in [9.17, 15) is 23.5 Å². The van der Waals surface area contributed by atoms with E-state index in [1.165, 1.54) is 31.4 Å². The van der Waals surface area contributed by atoms with Gasteiger partial charge in [0.05, 0.1) is 23.9 Å². The van der Waals surface area contributed by atoms with Gasteiger partial charge in [-0.1, -0.05) is 11.6 Å². The first kappa shape index (κ1) is 21.6. The van der Waals surface area contributed by atoms with Gasteiger partial charge < -0.3 is 14.3 Å². The number of rotatable bonds is 4. The van der Waals surface area contributed by atoms with Crippen molar-refractivity contribution in [3.8, 4) is 5.75 Å². The molecule has 0 radical (unpaired) electrons. The summed E-state index contributed by atoms with van der Waals surface area (Å²) < 4.78 is 39.4. The molecule has 0 spiro atoms. The maximum absolute atomic E-state index is 14.6. The number of aryl methyl sites for hydroxylation is 1. The fraction of sp³-hybridized carbons (Fsp3) is 0.130. The SMILES string of the molecule is COc1ccc(Cl)cc1/C(O)=C1/C(=O)C(=O)N(c2cc(F)ccc2F)C1c1ccc(C)o1. The molecule has 9 heteroatoms. The van der Waals surface area contributed by atoms with Crippen molar-refractivity contribution in [3.05, 3.63) is 87.8 Å². The summed E-state index contributed by atoms with van der Waals surface area (Å²) in [4.78, 5) is 26.8. The van der Waals surface area contributed by atoms with E-state index in [-0.39, 0.29) is 27.7 Å². The zero-order valence-electron chi connectivity index (χ0n) is 16.9. The second-order valence-corrected chi connectivity index (χ2v) is 7.49. The fourth-order valence-corrected chi connectivity index (χ4v) is 3.80. The third-order valence-electron chi connectivity index (χ3n) is 5.06. The molecule has 1 fully saturated rings. The number of Topliss-reactive ketones (excluding diaryl/α,β-unsaturated/α-hetero) is 1. The van der Waals surface area contributed by atoms with Gasteiger partial charge in [0.15, 0.2) is 0 Å². The van der Waals surface area contributed by atoms with Crippen LogP contribution in [-0.2, 0) is 9.59 Å². The molecule has 1 aliphatic heterocycles. The van der Waals surface area contributed by atoms with Crippen LogP contribution < -0.4 is 9.64 Å². The van der Waals surface area contributed by atoms with E-state index in [0.29, 0.717) is 5.76 Å². The Morgan fingerprint density at radius 1 is 1.12 bits per heavy atom. The van der Waals surface area contributed by atoms with Crippen LogP contribution in [-0.4, -0.2) is 23.9 Å². The maximum Gasteiger partial charge on any atom is 0.300 e. The molecular formula is C23H16ClF2NO5. The number of carbonyl (C=O) groups excluding carboxylic acids is 2. The van der Waals surface area contributed by atoms with E-state index >= 15 is 0 Å². The summed E-state index contributed by atoms with van der Waals surface area (Å²) in [5.74, 6) is -3.89. The van der Waals surface area contributed by atoms with Gasteiger partial charge >= 0.3 is 0 Å². The zero-order valence-corrected chi connectivity index (χ0v) is 17.6. The number of hydrogen-bond acceptors (Lipinski definition) is 5. The molecule has 32 heavy (non-hydrogen) atoms. The van der Waals surface area contributed by atoms with Crippen molar-refractivity contribution in [2.45, 2.75) is 13.0 Å². The number of amides is 1. The maximum atomic E-state index is 14.6. The van der Waals surface area contributed by atoms with Gasteiger partial charge in [-0.2, -0.15) is 0 Å². The lowest BCUT2D eigenvalue weighted by atomic mass is 9.98. The second kappa shape index (κ2) is 8.12. The number of methoxy groups -OCH3 is 1. The van der Waals surface area contributed by atoms with Crippen LogP contribution in [0.15, 0.2) is 58.5 Å². The number of benzene rings is 2. The van der Waals surface area contributed by atoms with Crippen LogP contribution in [0.2, 0.25) is 5.02 Å². The molecule has 4 rings (SSSR count). The number of nitrogens with zero attached hydrogens (tertiary/aromatic N) is 1. The van der Waals surface area contributed by atoms with Crippen LogP contribution in [0.25, 0.3) is 5.76 Å². The summed E-state index contributed by atoms with van der Waals surface area (Å²) in [5.41, 5.74) is -0.803. The first-order valence-electron chi connectivity index (χ1n) is 9.39. The highest BCUT2D eigenvalue weighted by Crippen LogP contribution is 2.44. The highest BCUT2D eigenvalue weighted by atomic mass is 35.5. The molecule has 1 saturated heterocycles. The standard InChI is InChI=1S/C23H16ClF2NO5/c1-11-3-7-18(32-11)20-19(21(28)14-9-12(24)4-8-17(14)31-2)22(29)23(30)27(20)16-10-13(25)5-6-15(16)26/h3-10,20,28H,1-2H3/b21-19-. The first-order valence-corrected chi connectivity index (χ1v) is 9.77. The predicted octanol–water partition coefficient (Wildman–Crippen LogP) is 5.15. The van der Waals surface area contributed by atoms with E-state index in [2.05, 4.69) is 0 Å². The molecule has 6 nitrogen and oxygen atoms in total. The minimum absolute atomic E-state index is 0.0472. The number of ether oxygens (including phenoxy) is 1. The van der Waals surface area contributed by atoms with Crippen molar-refractivity contribution in [1.82, 2.24) is 0 Å².